The highest BCUT2D eigenvalue weighted by atomic mass is 32.2. The molecule has 1 aliphatic heterocycles. The highest BCUT2D eigenvalue weighted by molar-refractivity contribution is 7.85. The zero-order valence-electron chi connectivity index (χ0n) is 8.73. The van der Waals surface area contributed by atoms with Crippen LogP contribution >= 0.6 is 0 Å². The molecule has 1 aromatic rings. The summed E-state index contributed by atoms with van der Waals surface area (Å²) in [6.07, 6.45) is 1.94. The van der Waals surface area contributed by atoms with Crippen molar-refractivity contribution in [3.8, 4) is 0 Å². The number of aromatic nitrogens is 2. The van der Waals surface area contributed by atoms with Crippen LogP contribution in [0.1, 0.15) is 24.6 Å². The van der Waals surface area contributed by atoms with Gasteiger partial charge < -0.3 is 9.84 Å². The molecular formula is C9H15N3O2S. The van der Waals surface area contributed by atoms with Crippen LogP contribution in [0.4, 0.5) is 0 Å². The Bertz CT molecular complexity index is 343. The first kappa shape index (κ1) is 10.8. The molecule has 0 aromatic carbocycles. The first-order valence-electron chi connectivity index (χ1n) is 5.11. The third-order valence-electron chi connectivity index (χ3n) is 2.50. The molecule has 0 saturated carbocycles. The molecule has 0 amide bonds. The second-order valence-corrected chi connectivity index (χ2v) is 5.43. The van der Waals surface area contributed by atoms with Gasteiger partial charge in [-0.15, -0.1) is 0 Å². The summed E-state index contributed by atoms with van der Waals surface area (Å²) in [5.74, 6) is 2.90. The summed E-state index contributed by atoms with van der Waals surface area (Å²) < 4.78 is 16.1. The van der Waals surface area contributed by atoms with E-state index in [1.807, 2.05) is 0 Å². The highest BCUT2D eigenvalue weighted by Crippen LogP contribution is 2.09. The van der Waals surface area contributed by atoms with Crippen molar-refractivity contribution in [2.45, 2.75) is 32.4 Å². The summed E-state index contributed by atoms with van der Waals surface area (Å²) in [6, 6.07) is 0.440. The minimum absolute atomic E-state index is 0.440. The van der Waals surface area contributed by atoms with Gasteiger partial charge in [-0.1, -0.05) is 5.16 Å². The molecule has 6 heteroatoms. The van der Waals surface area contributed by atoms with Gasteiger partial charge in [0.15, 0.2) is 5.82 Å². The van der Waals surface area contributed by atoms with Gasteiger partial charge in [-0.3, -0.25) is 4.21 Å². The van der Waals surface area contributed by atoms with Crippen LogP contribution in [0.5, 0.6) is 0 Å². The van der Waals surface area contributed by atoms with Crippen LogP contribution < -0.4 is 5.32 Å². The molecule has 1 aliphatic rings. The topological polar surface area (TPSA) is 68.0 Å². The Balaban J connectivity index is 1.76. The van der Waals surface area contributed by atoms with Gasteiger partial charge in [0.25, 0.3) is 0 Å². The largest absolute Gasteiger partial charge is 0.338 e. The van der Waals surface area contributed by atoms with E-state index in [1.54, 1.807) is 6.92 Å². The van der Waals surface area contributed by atoms with Crippen LogP contribution in [-0.2, 0) is 17.3 Å². The molecule has 15 heavy (non-hydrogen) atoms. The second-order valence-electron chi connectivity index (χ2n) is 3.74. The minimum Gasteiger partial charge on any atom is -0.338 e. The molecule has 1 aromatic heterocycles. The van der Waals surface area contributed by atoms with Crippen molar-refractivity contribution in [1.29, 1.82) is 0 Å². The average molecular weight is 229 g/mol. The Labute approximate surface area is 91.1 Å². The van der Waals surface area contributed by atoms with E-state index >= 15 is 0 Å². The smallest absolute Gasteiger partial charge is 0.240 e. The molecule has 1 N–H and O–H groups in total. The van der Waals surface area contributed by atoms with Crippen molar-refractivity contribution in [1.82, 2.24) is 15.5 Å². The van der Waals surface area contributed by atoms with Gasteiger partial charge in [-0.2, -0.15) is 4.98 Å². The SMILES string of the molecule is Cc1noc(CNC2CCS(=O)CC2)n1. The molecule has 0 atom stereocenters. The Hall–Kier alpha value is -0.750. The van der Waals surface area contributed by atoms with Crippen LogP contribution in [0, 0.1) is 6.92 Å². The number of hydrogen-bond acceptors (Lipinski definition) is 5. The Kier molecular flexibility index (Phi) is 3.48. The predicted octanol–water partition coefficient (Wildman–Crippen LogP) is 0.379. The molecule has 1 fully saturated rings. The van der Waals surface area contributed by atoms with E-state index in [1.165, 1.54) is 0 Å². The molecule has 2 rings (SSSR count). The number of nitrogens with zero attached hydrogens (tertiary/aromatic N) is 2. The van der Waals surface area contributed by atoms with Gasteiger partial charge in [0, 0.05) is 28.3 Å². The molecule has 84 valence electrons. The van der Waals surface area contributed by atoms with Gasteiger partial charge in [-0.25, -0.2) is 0 Å². The number of hydrogen-bond donors (Lipinski definition) is 1. The van der Waals surface area contributed by atoms with E-state index in [2.05, 4.69) is 15.5 Å². The molecule has 0 bridgehead atoms. The number of nitrogens with one attached hydrogen (secondary N) is 1. The fraction of sp³-hybridized carbons (Fsp3) is 0.778. The molecule has 1 saturated heterocycles. The quantitative estimate of drug-likeness (QED) is 0.811. The highest BCUT2D eigenvalue weighted by Gasteiger charge is 2.17. The van der Waals surface area contributed by atoms with E-state index in [0.717, 1.165) is 24.3 Å². The first-order valence-corrected chi connectivity index (χ1v) is 6.60. The monoisotopic (exact) mass is 229 g/mol. The molecule has 0 spiro atoms. The Morgan fingerprint density at radius 3 is 2.87 bits per heavy atom. The molecule has 0 unspecified atom stereocenters. The summed E-state index contributed by atoms with van der Waals surface area (Å²) in [5.41, 5.74) is 0. The van der Waals surface area contributed by atoms with E-state index in [9.17, 15) is 4.21 Å². The van der Waals surface area contributed by atoms with E-state index in [4.69, 9.17) is 4.52 Å². The van der Waals surface area contributed by atoms with Gasteiger partial charge >= 0.3 is 0 Å². The molecular weight excluding hydrogens is 214 g/mol. The lowest BCUT2D eigenvalue weighted by atomic mass is 10.1. The fourth-order valence-electron chi connectivity index (χ4n) is 1.64. The van der Waals surface area contributed by atoms with Crippen LogP contribution in [0.2, 0.25) is 0 Å². The summed E-state index contributed by atoms with van der Waals surface area (Å²) >= 11 is 0. The van der Waals surface area contributed by atoms with Crippen molar-refractivity contribution in [2.75, 3.05) is 11.5 Å². The van der Waals surface area contributed by atoms with Crippen molar-refractivity contribution in [3.05, 3.63) is 11.7 Å². The first-order chi connectivity index (χ1) is 7.24. The lowest BCUT2D eigenvalue weighted by Gasteiger charge is -2.21. The van der Waals surface area contributed by atoms with Crippen LogP contribution in [0.3, 0.4) is 0 Å². The zero-order chi connectivity index (χ0) is 10.7. The fourth-order valence-corrected chi connectivity index (χ4v) is 2.94. The summed E-state index contributed by atoms with van der Waals surface area (Å²) in [5, 5.41) is 7.06. The third-order valence-corrected chi connectivity index (χ3v) is 3.88. The van der Waals surface area contributed by atoms with Crippen molar-refractivity contribution in [3.63, 3.8) is 0 Å². The Morgan fingerprint density at radius 2 is 2.27 bits per heavy atom. The maximum atomic E-state index is 11.1. The average Bonchev–Trinajstić information content (AvgIpc) is 2.64. The van der Waals surface area contributed by atoms with E-state index < -0.39 is 10.8 Å². The van der Waals surface area contributed by atoms with Gasteiger partial charge in [0.2, 0.25) is 5.89 Å². The van der Waals surface area contributed by atoms with Gasteiger partial charge in [0.05, 0.1) is 6.54 Å². The van der Waals surface area contributed by atoms with Gasteiger partial charge in [0.1, 0.15) is 0 Å². The number of aryl methyl sites for hydroxylation is 1. The number of rotatable bonds is 3. The van der Waals surface area contributed by atoms with Crippen molar-refractivity contribution in [2.24, 2.45) is 0 Å². The van der Waals surface area contributed by atoms with Crippen LogP contribution in [0.15, 0.2) is 4.52 Å². The standard InChI is InChI=1S/C9H15N3O2S/c1-7-11-9(14-12-7)6-10-8-2-4-15(13)5-3-8/h8,10H,2-6H2,1H3. The van der Waals surface area contributed by atoms with E-state index in [0.29, 0.717) is 24.3 Å². The van der Waals surface area contributed by atoms with Crippen molar-refractivity contribution < 1.29 is 8.73 Å². The lowest BCUT2D eigenvalue weighted by molar-refractivity contribution is 0.349. The summed E-state index contributed by atoms with van der Waals surface area (Å²) in [7, 11) is -0.596. The third kappa shape index (κ3) is 3.10. The molecule has 0 aliphatic carbocycles. The molecule has 0 radical (unpaired) electrons. The molecule has 2 heterocycles. The predicted molar refractivity (Wildman–Crippen MR) is 56.8 cm³/mol. The summed E-state index contributed by atoms with van der Waals surface area (Å²) in [4.78, 5) is 4.11. The van der Waals surface area contributed by atoms with Gasteiger partial charge in [-0.05, 0) is 19.8 Å². The lowest BCUT2D eigenvalue weighted by Crippen LogP contribution is -2.35. The zero-order valence-corrected chi connectivity index (χ0v) is 9.55. The summed E-state index contributed by atoms with van der Waals surface area (Å²) in [6.45, 7) is 2.41. The second kappa shape index (κ2) is 4.85. The van der Waals surface area contributed by atoms with E-state index in [-0.39, 0.29) is 0 Å². The normalized spacial score (nSPS) is 26.7. The maximum absolute atomic E-state index is 11.1. The minimum atomic E-state index is -0.596. The van der Waals surface area contributed by atoms with Crippen molar-refractivity contribution >= 4 is 10.8 Å². The maximum Gasteiger partial charge on any atom is 0.240 e. The molecule has 5 nitrogen and oxygen atoms in total. The Morgan fingerprint density at radius 1 is 1.53 bits per heavy atom. The van der Waals surface area contributed by atoms with Crippen LogP contribution in [-0.4, -0.2) is 31.9 Å². The van der Waals surface area contributed by atoms with Crippen LogP contribution in [0.25, 0.3) is 0 Å².